The molecule has 1 heterocycles. The first kappa shape index (κ1) is 12.9. The molecule has 0 radical (unpaired) electrons. The number of aromatic nitrogens is 1. The molecule has 2 aromatic rings. The van der Waals surface area contributed by atoms with Crippen molar-refractivity contribution in [2.75, 3.05) is 0 Å². The molecule has 0 fully saturated rings. The number of aryl methyl sites for hydroxylation is 2. The molecule has 1 aromatic heterocycles. The van der Waals surface area contributed by atoms with Gasteiger partial charge in [-0.25, -0.2) is 0 Å². The molecule has 0 amide bonds. The summed E-state index contributed by atoms with van der Waals surface area (Å²) in [6, 6.07) is 12.6. The monoisotopic (exact) mass is 302 g/mol. The molecule has 2 nitrogen and oxygen atoms in total. The molecule has 3 heteroatoms. The van der Waals surface area contributed by atoms with Crippen molar-refractivity contribution in [1.29, 1.82) is 5.26 Å². The van der Waals surface area contributed by atoms with Gasteiger partial charge in [0.15, 0.2) is 0 Å². The predicted octanol–water partition coefficient (Wildman–Crippen LogP) is 4.04. The highest BCUT2D eigenvalue weighted by molar-refractivity contribution is 9.10. The van der Waals surface area contributed by atoms with E-state index in [1.807, 2.05) is 12.1 Å². The van der Waals surface area contributed by atoms with Crippen LogP contribution in [0.3, 0.4) is 0 Å². The highest BCUT2D eigenvalue weighted by atomic mass is 79.9. The molecule has 0 spiro atoms. The van der Waals surface area contributed by atoms with Crippen LogP contribution in [0.2, 0.25) is 0 Å². The Morgan fingerprint density at radius 1 is 1.28 bits per heavy atom. The maximum absolute atomic E-state index is 9.29. The normalized spacial score (nSPS) is 10.3. The number of nitrogens with zero attached hydrogens (tertiary/aromatic N) is 2. The number of nitriles is 1. The van der Waals surface area contributed by atoms with E-state index in [4.69, 9.17) is 0 Å². The van der Waals surface area contributed by atoms with Gasteiger partial charge in [-0.15, -0.1) is 0 Å². The summed E-state index contributed by atoms with van der Waals surface area (Å²) in [5.41, 5.74) is 4.27. The number of benzene rings is 1. The number of rotatable bonds is 3. The average Bonchev–Trinajstić information content (AvgIpc) is 2.68. The highest BCUT2D eigenvalue weighted by Gasteiger charge is 2.11. The zero-order valence-corrected chi connectivity index (χ0v) is 12.2. The van der Waals surface area contributed by atoms with Crippen molar-refractivity contribution in [1.82, 2.24) is 4.57 Å². The molecule has 2 rings (SSSR count). The number of hydrogen-bond donors (Lipinski definition) is 0. The minimum Gasteiger partial charge on any atom is -0.332 e. The smallest absolute Gasteiger partial charge is 0.123 e. The Kier molecular flexibility index (Phi) is 3.88. The van der Waals surface area contributed by atoms with Gasteiger partial charge in [0.2, 0.25) is 0 Å². The van der Waals surface area contributed by atoms with E-state index < -0.39 is 0 Å². The summed E-state index contributed by atoms with van der Waals surface area (Å²) < 4.78 is 3.16. The molecule has 0 atom stereocenters. The Balaban J connectivity index is 2.37. The second-order valence-electron chi connectivity index (χ2n) is 4.34. The fraction of sp³-hybridized carbons (Fsp3) is 0.267. The quantitative estimate of drug-likeness (QED) is 0.841. The Labute approximate surface area is 116 Å². The van der Waals surface area contributed by atoms with E-state index in [2.05, 4.69) is 58.6 Å². The van der Waals surface area contributed by atoms with Gasteiger partial charge in [-0.1, -0.05) is 35.0 Å². The van der Waals surface area contributed by atoms with Crippen molar-refractivity contribution in [2.24, 2.45) is 0 Å². The molecular formula is C15H15BrN2. The van der Waals surface area contributed by atoms with E-state index in [-0.39, 0.29) is 0 Å². The van der Waals surface area contributed by atoms with Gasteiger partial charge in [-0.05, 0) is 42.7 Å². The van der Waals surface area contributed by atoms with Crippen molar-refractivity contribution in [3.05, 3.63) is 57.3 Å². The lowest BCUT2D eigenvalue weighted by Crippen LogP contribution is -2.04. The van der Waals surface area contributed by atoms with E-state index >= 15 is 0 Å². The zero-order valence-electron chi connectivity index (χ0n) is 10.6. The third-order valence-corrected chi connectivity index (χ3v) is 3.65. The minimum absolute atomic E-state index is 0.752. The Bertz CT molecular complexity index is 588. The molecule has 0 N–H and O–H groups in total. The first-order chi connectivity index (χ1) is 8.65. The average molecular weight is 303 g/mol. The lowest BCUT2D eigenvalue weighted by Gasteiger charge is -2.08. The van der Waals surface area contributed by atoms with Crippen LogP contribution in [0.4, 0.5) is 0 Å². The molecule has 0 saturated heterocycles. The largest absolute Gasteiger partial charge is 0.332 e. The summed E-state index contributed by atoms with van der Waals surface area (Å²) in [5, 5.41) is 9.29. The molecule has 0 unspecified atom stereocenters. The van der Waals surface area contributed by atoms with Crippen molar-refractivity contribution < 1.29 is 0 Å². The van der Waals surface area contributed by atoms with Gasteiger partial charge in [0, 0.05) is 16.7 Å². The van der Waals surface area contributed by atoms with Crippen LogP contribution in [0.5, 0.6) is 0 Å². The second kappa shape index (κ2) is 5.41. The van der Waals surface area contributed by atoms with Crippen molar-refractivity contribution in [3.63, 3.8) is 0 Å². The van der Waals surface area contributed by atoms with Gasteiger partial charge in [0.05, 0.1) is 0 Å². The Hall–Kier alpha value is -1.53. The maximum atomic E-state index is 9.29. The van der Waals surface area contributed by atoms with Gasteiger partial charge in [-0.2, -0.15) is 5.26 Å². The van der Waals surface area contributed by atoms with Crippen LogP contribution in [-0.2, 0) is 13.0 Å². The molecule has 0 aliphatic rings. The van der Waals surface area contributed by atoms with Crippen molar-refractivity contribution >= 4 is 15.9 Å². The summed E-state index contributed by atoms with van der Waals surface area (Å²) in [6.45, 7) is 4.89. The predicted molar refractivity (Wildman–Crippen MR) is 76.5 cm³/mol. The van der Waals surface area contributed by atoms with Crippen LogP contribution in [0.15, 0.2) is 34.8 Å². The number of halogens is 1. The first-order valence-electron chi connectivity index (χ1n) is 5.99. The standard InChI is InChI=1S/C15H15BrN2/c1-3-13-8-11(2)18(15(13)9-17)10-12-4-6-14(16)7-5-12/h4-8H,3,10H2,1-2H3. The fourth-order valence-electron chi connectivity index (χ4n) is 2.13. The summed E-state index contributed by atoms with van der Waals surface area (Å²) in [7, 11) is 0. The second-order valence-corrected chi connectivity index (χ2v) is 5.25. The van der Waals surface area contributed by atoms with E-state index in [9.17, 15) is 5.26 Å². The summed E-state index contributed by atoms with van der Waals surface area (Å²) in [5.74, 6) is 0. The van der Waals surface area contributed by atoms with Crippen LogP contribution in [-0.4, -0.2) is 4.57 Å². The van der Waals surface area contributed by atoms with Crippen molar-refractivity contribution in [2.45, 2.75) is 26.8 Å². The van der Waals surface area contributed by atoms with Crippen LogP contribution < -0.4 is 0 Å². The Morgan fingerprint density at radius 3 is 2.50 bits per heavy atom. The van der Waals surface area contributed by atoms with E-state index in [0.717, 1.165) is 34.4 Å². The summed E-state index contributed by atoms with van der Waals surface area (Å²) in [6.07, 6.45) is 0.900. The van der Waals surface area contributed by atoms with Crippen LogP contribution in [0.1, 0.15) is 29.4 Å². The third-order valence-electron chi connectivity index (χ3n) is 3.12. The van der Waals surface area contributed by atoms with Crippen LogP contribution >= 0.6 is 15.9 Å². The lowest BCUT2D eigenvalue weighted by atomic mass is 10.2. The SMILES string of the molecule is CCc1cc(C)n(Cc2ccc(Br)cc2)c1C#N. The first-order valence-corrected chi connectivity index (χ1v) is 6.78. The van der Waals surface area contributed by atoms with Gasteiger partial charge in [0.25, 0.3) is 0 Å². The third kappa shape index (κ3) is 2.49. The van der Waals surface area contributed by atoms with Crippen molar-refractivity contribution in [3.8, 4) is 6.07 Å². The number of hydrogen-bond acceptors (Lipinski definition) is 1. The molecule has 92 valence electrons. The molecule has 0 aliphatic heterocycles. The Morgan fingerprint density at radius 2 is 1.94 bits per heavy atom. The van der Waals surface area contributed by atoms with E-state index in [1.165, 1.54) is 5.56 Å². The van der Waals surface area contributed by atoms with Gasteiger partial charge < -0.3 is 4.57 Å². The van der Waals surface area contributed by atoms with Crippen LogP contribution in [0.25, 0.3) is 0 Å². The minimum atomic E-state index is 0.752. The fourth-order valence-corrected chi connectivity index (χ4v) is 2.39. The molecular weight excluding hydrogens is 288 g/mol. The molecule has 0 saturated carbocycles. The topological polar surface area (TPSA) is 28.7 Å². The summed E-state index contributed by atoms with van der Waals surface area (Å²) >= 11 is 3.43. The van der Waals surface area contributed by atoms with Gasteiger partial charge in [-0.3, -0.25) is 0 Å². The summed E-state index contributed by atoms with van der Waals surface area (Å²) in [4.78, 5) is 0. The molecule has 0 aliphatic carbocycles. The van der Waals surface area contributed by atoms with Crippen LogP contribution in [0, 0.1) is 18.3 Å². The van der Waals surface area contributed by atoms with Gasteiger partial charge >= 0.3 is 0 Å². The lowest BCUT2D eigenvalue weighted by molar-refractivity contribution is 0.761. The van der Waals surface area contributed by atoms with E-state index in [1.54, 1.807) is 0 Å². The molecule has 1 aromatic carbocycles. The zero-order chi connectivity index (χ0) is 13.1. The highest BCUT2D eigenvalue weighted by Crippen LogP contribution is 2.18. The van der Waals surface area contributed by atoms with Gasteiger partial charge in [0.1, 0.15) is 11.8 Å². The molecule has 0 bridgehead atoms. The van der Waals surface area contributed by atoms with E-state index in [0.29, 0.717) is 0 Å². The maximum Gasteiger partial charge on any atom is 0.123 e. The molecule has 18 heavy (non-hydrogen) atoms.